The number of hydrogen-bond acceptors (Lipinski definition) is 9. The Kier molecular flexibility index (Phi) is 7.36. The van der Waals surface area contributed by atoms with Gasteiger partial charge < -0.3 is 19.7 Å². The summed E-state index contributed by atoms with van der Waals surface area (Å²) in [5, 5.41) is 6.52. The maximum Gasteiger partial charge on any atom is 0.274 e. The van der Waals surface area contributed by atoms with Gasteiger partial charge in [0, 0.05) is 57.7 Å². The van der Waals surface area contributed by atoms with E-state index in [2.05, 4.69) is 45.4 Å². The van der Waals surface area contributed by atoms with Crippen molar-refractivity contribution in [3.63, 3.8) is 0 Å². The Bertz CT molecular complexity index is 1410. The molecule has 4 aromatic rings. The fourth-order valence-electron chi connectivity index (χ4n) is 4.29. The number of aromatic nitrogens is 6. The number of pyridine rings is 1. The summed E-state index contributed by atoms with van der Waals surface area (Å²) in [6, 6.07) is 9.51. The van der Waals surface area contributed by atoms with Crippen LogP contribution in [-0.4, -0.2) is 61.6 Å². The molecule has 1 saturated heterocycles. The van der Waals surface area contributed by atoms with E-state index in [1.165, 1.54) is 6.20 Å². The Labute approximate surface area is 225 Å². The van der Waals surface area contributed by atoms with Gasteiger partial charge in [0.1, 0.15) is 11.5 Å². The molecule has 5 rings (SSSR count). The largest absolute Gasteiger partial charge is 0.368 e. The van der Waals surface area contributed by atoms with Gasteiger partial charge in [-0.1, -0.05) is 30.7 Å². The molecule has 1 amide bonds. The molecule has 0 atom stereocenters. The Hall–Kier alpha value is -4.25. The van der Waals surface area contributed by atoms with E-state index in [0.717, 1.165) is 37.4 Å². The number of anilines is 5. The van der Waals surface area contributed by atoms with Crippen LogP contribution in [0.1, 0.15) is 28.8 Å². The number of para-hydroxylation sites is 1. The molecule has 196 valence electrons. The van der Waals surface area contributed by atoms with Crippen molar-refractivity contribution >= 4 is 46.7 Å². The molecular weight excluding hydrogens is 504 g/mol. The van der Waals surface area contributed by atoms with Gasteiger partial charge in [-0.25, -0.2) is 4.98 Å². The first kappa shape index (κ1) is 25.4. The number of hydrogen-bond donors (Lipinski definition) is 2. The van der Waals surface area contributed by atoms with Gasteiger partial charge in [0.2, 0.25) is 17.8 Å². The highest BCUT2D eigenvalue weighted by molar-refractivity contribution is 6.34. The minimum Gasteiger partial charge on any atom is -0.368 e. The first-order valence-electron chi connectivity index (χ1n) is 12.4. The molecule has 1 aliphatic rings. The summed E-state index contributed by atoms with van der Waals surface area (Å²) in [5.41, 5.74) is 2.97. The van der Waals surface area contributed by atoms with Crippen molar-refractivity contribution in [1.29, 1.82) is 0 Å². The Morgan fingerprint density at radius 3 is 2.47 bits per heavy atom. The zero-order valence-electron chi connectivity index (χ0n) is 21.5. The van der Waals surface area contributed by atoms with Gasteiger partial charge >= 0.3 is 0 Å². The first-order valence-corrected chi connectivity index (χ1v) is 12.8. The van der Waals surface area contributed by atoms with Crippen LogP contribution in [0.3, 0.4) is 0 Å². The lowest BCUT2D eigenvalue weighted by Crippen LogP contribution is -2.47. The van der Waals surface area contributed by atoms with Gasteiger partial charge in [0.25, 0.3) is 5.91 Å². The third-order valence-corrected chi connectivity index (χ3v) is 6.80. The van der Waals surface area contributed by atoms with E-state index in [0.29, 0.717) is 46.5 Å². The lowest BCUT2D eigenvalue weighted by Gasteiger charge is -2.36. The van der Waals surface area contributed by atoms with E-state index in [1.807, 2.05) is 50.5 Å². The minimum absolute atomic E-state index is 0.318. The van der Waals surface area contributed by atoms with Crippen molar-refractivity contribution < 1.29 is 4.79 Å². The zero-order valence-corrected chi connectivity index (χ0v) is 22.3. The summed E-state index contributed by atoms with van der Waals surface area (Å²) >= 11 is 6.28. The first-order chi connectivity index (χ1) is 18.4. The number of nitrogens with zero attached hydrogens (tertiary/aromatic N) is 8. The third kappa shape index (κ3) is 5.37. The number of nitrogens with one attached hydrogen (secondary N) is 2. The van der Waals surface area contributed by atoms with Crippen molar-refractivity contribution in [3.05, 3.63) is 71.0 Å². The molecule has 1 aromatic carbocycles. The zero-order chi connectivity index (χ0) is 26.6. The van der Waals surface area contributed by atoms with Crippen LogP contribution in [-0.2, 0) is 13.5 Å². The number of imidazole rings is 1. The van der Waals surface area contributed by atoms with Crippen molar-refractivity contribution in [2.75, 3.05) is 46.6 Å². The number of amides is 1. The maximum absolute atomic E-state index is 13.0. The standard InChI is InChI=1S/C26H29ClN10O/c1-4-21-30-24(34-26(31-21)37-14-12-36(13-15-37)18-8-10-28-11-9-18)33-25-29-16-20(35(25)3)23(38)32-22-17(2)6-5-7-19(22)27/h5-11,16H,4,12-15H2,1-3H3,(H,32,38)(H,29,30,31,33,34). The molecule has 1 aliphatic heterocycles. The highest BCUT2D eigenvalue weighted by Gasteiger charge is 2.22. The second kappa shape index (κ2) is 11.0. The number of carbonyl (C=O) groups excluding carboxylic acids is 1. The van der Waals surface area contributed by atoms with Gasteiger partial charge in [0.05, 0.1) is 16.9 Å². The minimum atomic E-state index is -0.318. The van der Waals surface area contributed by atoms with E-state index in [1.54, 1.807) is 17.7 Å². The molecule has 0 bridgehead atoms. The van der Waals surface area contributed by atoms with Crippen LogP contribution in [0.15, 0.2) is 48.9 Å². The van der Waals surface area contributed by atoms with Gasteiger partial charge in [0.15, 0.2) is 0 Å². The van der Waals surface area contributed by atoms with Crippen molar-refractivity contribution in [1.82, 2.24) is 29.5 Å². The molecule has 2 N–H and O–H groups in total. The SMILES string of the molecule is CCc1nc(Nc2ncc(C(=O)Nc3c(C)cccc3Cl)n2C)nc(N2CCN(c3ccncc3)CC2)n1. The molecule has 0 saturated carbocycles. The number of piperazine rings is 1. The van der Waals surface area contributed by atoms with Gasteiger partial charge in [-0.15, -0.1) is 0 Å². The van der Waals surface area contributed by atoms with Crippen LogP contribution >= 0.6 is 11.6 Å². The smallest absolute Gasteiger partial charge is 0.274 e. The fourth-order valence-corrected chi connectivity index (χ4v) is 4.56. The molecule has 3 aromatic heterocycles. The molecule has 4 heterocycles. The van der Waals surface area contributed by atoms with E-state index in [-0.39, 0.29) is 5.91 Å². The lowest BCUT2D eigenvalue weighted by molar-refractivity contribution is 0.101. The van der Waals surface area contributed by atoms with Crippen LogP contribution in [0.5, 0.6) is 0 Å². The number of halogens is 1. The highest BCUT2D eigenvalue weighted by atomic mass is 35.5. The van der Waals surface area contributed by atoms with E-state index in [4.69, 9.17) is 11.6 Å². The lowest BCUT2D eigenvalue weighted by atomic mass is 10.2. The highest BCUT2D eigenvalue weighted by Crippen LogP contribution is 2.26. The molecule has 11 nitrogen and oxygen atoms in total. The van der Waals surface area contributed by atoms with Crippen molar-refractivity contribution in [3.8, 4) is 0 Å². The maximum atomic E-state index is 13.0. The monoisotopic (exact) mass is 532 g/mol. The number of rotatable bonds is 7. The average Bonchev–Trinajstić information content (AvgIpc) is 3.30. The third-order valence-electron chi connectivity index (χ3n) is 6.48. The van der Waals surface area contributed by atoms with Gasteiger partial charge in [-0.2, -0.15) is 15.0 Å². The fraction of sp³-hybridized carbons (Fsp3) is 0.308. The van der Waals surface area contributed by atoms with Crippen LogP contribution < -0.4 is 20.4 Å². The molecule has 0 unspecified atom stereocenters. The summed E-state index contributed by atoms with van der Waals surface area (Å²) in [6.07, 6.45) is 5.78. The Morgan fingerprint density at radius 2 is 1.76 bits per heavy atom. The summed E-state index contributed by atoms with van der Waals surface area (Å²) in [7, 11) is 1.75. The van der Waals surface area contributed by atoms with Gasteiger partial charge in [-0.05, 0) is 30.7 Å². The molecule has 0 spiro atoms. The normalized spacial score (nSPS) is 13.5. The number of carbonyl (C=O) groups is 1. The number of aryl methyl sites for hydroxylation is 2. The molecule has 0 aliphatic carbocycles. The summed E-state index contributed by atoms with van der Waals surface area (Å²) < 4.78 is 1.66. The summed E-state index contributed by atoms with van der Waals surface area (Å²) in [6.45, 7) is 7.15. The average molecular weight is 533 g/mol. The molecule has 12 heteroatoms. The second-order valence-electron chi connectivity index (χ2n) is 8.95. The summed E-state index contributed by atoms with van der Waals surface area (Å²) in [5.74, 6) is 1.80. The van der Waals surface area contributed by atoms with E-state index >= 15 is 0 Å². The van der Waals surface area contributed by atoms with Crippen molar-refractivity contribution in [2.24, 2.45) is 7.05 Å². The van der Waals surface area contributed by atoms with Crippen LogP contribution in [0.25, 0.3) is 0 Å². The topological polar surface area (TPSA) is 117 Å². The molecule has 0 radical (unpaired) electrons. The Balaban J connectivity index is 1.31. The Morgan fingerprint density at radius 1 is 1.03 bits per heavy atom. The van der Waals surface area contributed by atoms with Crippen LogP contribution in [0.4, 0.5) is 29.2 Å². The second-order valence-corrected chi connectivity index (χ2v) is 9.35. The molecule has 1 fully saturated rings. The predicted octanol–water partition coefficient (Wildman–Crippen LogP) is 3.85. The number of benzene rings is 1. The van der Waals surface area contributed by atoms with Crippen molar-refractivity contribution in [2.45, 2.75) is 20.3 Å². The predicted molar refractivity (Wildman–Crippen MR) is 149 cm³/mol. The van der Waals surface area contributed by atoms with Gasteiger partial charge in [-0.3, -0.25) is 15.1 Å². The molecule has 38 heavy (non-hydrogen) atoms. The molecular formula is C26H29ClN10O. The quantitative estimate of drug-likeness (QED) is 0.366. The van der Waals surface area contributed by atoms with E-state index < -0.39 is 0 Å². The van der Waals surface area contributed by atoms with Crippen LogP contribution in [0, 0.1) is 6.92 Å². The summed E-state index contributed by atoms with van der Waals surface area (Å²) in [4.78, 5) is 39.8. The van der Waals surface area contributed by atoms with E-state index in [9.17, 15) is 4.79 Å². The van der Waals surface area contributed by atoms with Crippen LogP contribution in [0.2, 0.25) is 5.02 Å².